The lowest BCUT2D eigenvalue weighted by Gasteiger charge is -2.10. The van der Waals surface area contributed by atoms with E-state index in [-0.39, 0.29) is 6.04 Å². The van der Waals surface area contributed by atoms with E-state index in [4.69, 9.17) is 10.2 Å². The molecule has 2 heterocycles. The second-order valence-corrected chi connectivity index (χ2v) is 4.70. The molecule has 0 aromatic carbocycles. The molecule has 0 amide bonds. The molecule has 0 saturated carbocycles. The molecule has 0 aliphatic carbocycles. The summed E-state index contributed by atoms with van der Waals surface area (Å²) in [4.78, 5) is 0. The summed E-state index contributed by atoms with van der Waals surface area (Å²) < 4.78 is 5.40. The van der Waals surface area contributed by atoms with E-state index in [2.05, 4.69) is 39.3 Å². The average Bonchev–Trinajstić information content (AvgIpc) is 2.91. The first kappa shape index (κ1) is 12.1. The number of rotatable bonds is 6. The average molecular weight is 252 g/mol. The van der Waals surface area contributed by atoms with Gasteiger partial charge in [-0.3, -0.25) is 0 Å². The minimum absolute atomic E-state index is 0.260. The van der Waals surface area contributed by atoms with Crippen LogP contribution >= 0.6 is 11.3 Å². The Morgan fingerprint density at radius 1 is 1.53 bits per heavy atom. The van der Waals surface area contributed by atoms with Crippen molar-refractivity contribution in [1.29, 1.82) is 0 Å². The molecule has 2 aromatic rings. The summed E-state index contributed by atoms with van der Waals surface area (Å²) in [6.07, 6.45) is 1.56. The zero-order valence-corrected chi connectivity index (χ0v) is 10.5. The van der Waals surface area contributed by atoms with Crippen molar-refractivity contribution in [3.05, 3.63) is 28.3 Å². The van der Waals surface area contributed by atoms with E-state index >= 15 is 0 Å². The van der Waals surface area contributed by atoms with Crippen LogP contribution in [0.25, 0.3) is 0 Å². The van der Waals surface area contributed by atoms with Gasteiger partial charge >= 0.3 is 6.01 Å². The van der Waals surface area contributed by atoms with E-state index in [1.54, 1.807) is 11.3 Å². The van der Waals surface area contributed by atoms with Crippen molar-refractivity contribution in [3.8, 4) is 0 Å². The molecule has 3 N–H and O–H groups in total. The van der Waals surface area contributed by atoms with Gasteiger partial charge in [0.2, 0.25) is 5.89 Å². The van der Waals surface area contributed by atoms with Gasteiger partial charge in [-0.05, 0) is 35.7 Å². The molecule has 0 aliphatic rings. The van der Waals surface area contributed by atoms with Crippen molar-refractivity contribution in [2.75, 3.05) is 11.9 Å². The van der Waals surface area contributed by atoms with Gasteiger partial charge in [-0.1, -0.05) is 5.10 Å². The summed E-state index contributed by atoms with van der Waals surface area (Å²) in [7, 11) is 0. The van der Waals surface area contributed by atoms with E-state index < -0.39 is 0 Å². The normalized spacial score (nSPS) is 12.6. The number of hydrogen-bond donors (Lipinski definition) is 2. The largest absolute Gasteiger partial charge is 0.408 e. The Morgan fingerprint density at radius 2 is 2.41 bits per heavy atom. The predicted octanol–water partition coefficient (Wildman–Crippen LogP) is 1.68. The summed E-state index contributed by atoms with van der Waals surface area (Å²) >= 11 is 1.71. The number of nitrogens with zero attached hydrogens (tertiary/aromatic N) is 2. The molecular formula is C11H16N4OS. The summed E-state index contributed by atoms with van der Waals surface area (Å²) in [6.45, 7) is 2.61. The first-order valence-corrected chi connectivity index (χ1v) is 6.52. The summed E-state index contributed by atoms with van der Waals surface area (Å²) in [5.74, 6) is 0.581. The van der Waals surface area contributed by atoms with Crippen molar-refractivity contribution in [2.24, 2.45) is 5.73 Å². The third kappa shape index (κ3) is 3.54. The highest BCUT2D eigenvalue weighted by Gasteiger charge is 2.09. The van der Waals surface area contributed by atoms with Gasteiger partial charge < -0.3 is 15.5 Å². The Morgan fingerprint density at radius 3 is 3.12 bits per heavy atom. The van der Waals surface area contributed by atoms with Gasteiger partial charge in [0.05, 0.1) is 0 Å². The SMILES string of the molecule is CC(Cc1ccsc1)Nc1nnc(CCN)o1. The molecule has 0 spiro atoms. The Hall–Kier alpha value is -1.40. The van der Waals surface area contributed by atoms with Crippen LogP contribution in [0.3, 0.4) is 0 Å². The third-order valence-corrected chi connectivity index (χ3v) is 3.05. The van der Waals surface area contributed by atoms with Crippen LogP contribution in [0.4, 0.5) is 6.01 Å². The Labute approximate surface area is 104 Å². The second-order valence-electron chi connectivity index (χ2n) is 3.92. The second kappa shape index (κ2) is 5.79. The van der Waals surface area contributed by atoms with Crippen LogP contribution in [-0.2, 0) is 12.8 Å². The van der Waals surface area contributed by atoms with E-state index in [0.29, 0.717) is 24.9 Å². The molecule has 6 heteroatoms. The summed E-state index contributed by atoms with van der Waals surface area (Å²) in [6, 6.07) is 2.85. The zero-order chi connectivity index (χ0) is 12.1. The highest BCUT2D eigenvalue weighted by Crippen LogP contribution is 2.12. The van der Waals surface area contributed by atoms with Crippen LogP contribution in [-0.4, -0.2) is 22.8 Å². The van der Waals surface area contributed by atoms with Crippen molar-refractivity contribution in [2.45, 2.75) is 25.8 Å². The molecular weight excluding hydrogens is 236 g/mol. The lowest BCUT2D eigenvalue weighted by Crippen LogP contribution is -2.17. The lowest BCUT2D eigenvalue weighted by molar-refractivity contribution is 0.500. The Kier molecular flexibility index (Phi) is 4.11. The topological polar surface area (TPSA) is 77.0 Å². The molecule has 0 saturated heterocycles. The number of nitrogens with one attached hydrogen (secondary N) is 1. The number of hydrogen-bond acceptors (Lipinski definition) is 6. The van der Waals surface area contributed by atoms with Crippen molar-refractivity contribution in [1.82, 2.24) is 10.2 Å². The molecule has 5 nitrogen and oxygen atoms in total. The maximum atomic E-state index is 5.41. The lowest BCUT2D eigenvalue weighted by atomic mass is 10.1. The molecule has 0 bridgehead atoms. The van der Waals surface area contributed by atoms with Gasteiger partial charge in [-0.15, -0.1) is 5.10 Å². The summed E-state index contributed by atoms with van der Waals surface area (Å²) in [5.41, 5.74) is 6.73. The number of nitrogens with two attached hydrogens (primary N) is 1. The minimum atomic E-state index is 0.260. The maximum Gasteiger partial charge on any atom is 0.315 e. The number of thiophene rings is 1. The van der Waals surface area contributed by atoms with E-state index in [0.717, 1.165) is 6.42 Å². The first-order chi connectivity index (χ1) is 8.28. The smallest absolute Gasteiger partial charge is 0.315 e. The summed E-state index contributed by atoms with van der Waals surface area (Å²) in [5, 5.41) is 15.2. The molecule has 0 aliphatic heterocycles. The monoisotopic (exact) mass is 252 g/mol. The van der Waals surface area contributed by atoms with Gasteiger partial charge in [0.25, 0.3) is 0 Å². The van der Waals surface area contributed by atoms with Gasteiger partial charge in [0, 0.05) is 19.0 Å². The fourth-order valence-corrected chi connectivity index (χ4v) is 2.24. The molecule has 2 rings (SSSR count). The molecule has 1 atom stereocenters. The van der Waals surface area contributed by atoms with Crippen LogP contribution < -0.4 is 11.1 Å². The molecule has 1 unspecified atom stereocenters. The van der Waals surface area contributed by atoms with Crippen molar-refractivity contribution < 1.29 is 4.42 Å². The van der Waals surface area contributed by atoms with Crippen molar-refractivity contribution in [3.63, 3.8) is 0 Å². The fourth-order valence-electron chi connectivity index (χ4n) is 1.56. The van der Waals surface area contributed by atoms with Crippen LogP contribution in [0.15, 0.2) is 21.2 Å². The maximum absolute atomic E-state index is 5.41. The zero-order valence-electron chi connectivity index (χ0n) is 9.72. The highest BCUT2D eigenvalue weighted by molar-refractivity contribution is 7.07. The Balaban J connectivity index is 1.86. The Bertz CT molecular complexity index is 440. The molecule has 17 heavy (non-hydrogen) atoms. The van der Waals surface area contributed by atoms with Gasteiger partial charge in [0.15, 0.2) is 0 Å². The van der Waals surface area contributed by atoms with E-state index in [1.165, 1.54) is 5.56 Å². The van der Waals surface area contributed by atoms with Gasteiger partial charge in [-0.25, -0.2) is 0 Å². The van der Waals surface area contributed by atoms with Crippen LogP contribution in [0.2, 0.25) is 0 Å². The first-order valence-electron chi connectivity index (χ1n) is 5.58. The minimum Gasteiger partial charge on any atom is -0.408 e. The van der Waals surface area contributed by atoms with Crippen molar-refractivity contribution >= 4 is 17.4 Å². The van der Waals surface area contributed by atoms with Crippen LogP contribution in [0, 0.1) is 0 Å². The molecule has 92 valence electrons. The molecule has 0 radical (unpaired) electrons. The third-order valence-electron chi connectivity index (χ3n) is 2.32. The highest BCUT2D eigenvalue weighted by atomic mass is 32.1. The quantitative estimate of drug-likeness (QED) is 0.818. The predicted molar refractivity (Wildman–Crippen MR) is 68.2 cm³/mol. The number of aromatic nitrogens is 2. The van der Waals surface area contributed by atoms with Gasteiger partial charge in [0.1, 0.15) is 0 Å². The van der Waals surface area contributed by atoms with E-state index in [9.17, 15) is 0 Å². The van der Waals surface area contributed by atoms with E-state index in [1.807, 2.05) is 0 Å². The fraction of sp³-hybridized carbons (Fsp3) is 0.455. The van der Waals surface area contributed by atoms with Crippen LogP contribution in [0.5, 0.6) is 0 Å². The standard InChI is InChI=1S/C11H16N4OS/c1-8(6-9-3-5-17-7-9)13-11-15-14-10(16-11)2-4-12/h3,5,7-8H,2,4,6,12H2,1H3,(H,13,15). The number of anilines is 1. The van der Waals surface area contributed by atoms with Gasteiger partial charge in [-0.2, -0.15) is 11.3 Å². The molecule has 0 fully saturated rings. The van der Waals surface area contributed by atoms with Crippen LogP contribution in [0.1, 0.15) is 18.4 Å². The molecule has 2 aromatic heterocycles.